The van der Waals surface area contributed by atoms with E-state index in [9.17, 15) is 0 Å². The predicted molar refractivity (Wildman–Crippen MR) is 83.1 cm³/mol. The van der Waals surface area contributed by atoms with Gasteiger partial charge < -0.3 is 15.4 Å². The highest BCUT2D eigenvalue weighted by Crippen LogP contribution is 2.29. The molecule has 1 heterocycles. The lowest BCUT2D eigenvalue weighted by molar-refractivity contribution is 0.306. The molecular weight excluding hydrogens is 260 g/mol. The molecule has 0 fully saturated rings. The number of nitrogens with two attached hydrogens (primary N) is 1. The van der Waals surface area contributed by atoms with E-state index in [-0.39, 0.29) is 0 Å². The molecule has 19 heavy (non-hydrogen) atoms. The van der Waals surface area contributed by atoms with Crippen LogP contribution in [0.2, 0.25) is 0 Å². The van der Waals surface area contributed by atoms with Crippen LogP contribution in [0.4, 0.5) is 11.5 Å². The number of hydrogen-bond acceptors (Lipinski definition) is 6. The number of aromatic nitrogens is 2. The fourth-order valence-electron chi connectivity index (χ4n) is 1.83. The molecule has 0 amide bonds. The quantitative estimate of drug-likeness (QED) is 0.791. The lowest BCUT2D eigenvalue weighted by atomic mass is 10.2. The molecule has 0 spiro atoms. The average molecular weight is 284 g/mol. The van der Waals surface area contributed by atoms with Crippen LogP contribution in [0.1, 0.15) is 26.7 Å². The summed E-state index contributed by atoms with van der Waals surface area (Å²) in [4.78, 5) is 10.5. The van der Waals surface area contributed by atoms with Crippen molar-refractivity contribution in [3.63, 3.8) is 0 Å². The Labute approximate surface area is 119 Å². The Morgan fingerprint density at radius 1 is 1.42 bits per heavy atom. The van der Waals surface area contributed by atoms with Gasteiger partial charge in [0.05, 0.1) is 6.61 Å². The maximum absolute atomic E-state index is 6.12. The Bertz CT molecular complexity index is 389. The zero-order valence-corrected chi connectivity index (χ0v) is 13.0. The highest BCUT2D eigenvalue weighted by Gasteiger charge is 2.19. The Morgan fingerprint density at radius 2 is 2.16 bits per heavy atom. The molecule has 0 aliphatic carbocycles. The highest BCUT2D eigenvalue weighted by atomic mass is 32.2. The maximum Gasteiger partial charge on any atom is 0.242 e. The third kappa shape index (κ3) is 4.16. The van der Waals surface area contributed by atoms with E-state index in [0.717, 1.165) is 24.4 Å². The summed E-state index contributed by atoms with van der Waals surface area (Å²) in [6.45, 7) is 4.84. The average Bonchev–Trinajstić information content (AvgIpc) is 2.43. The van der Waals surface area contributed by atoms with Gasteiger partial charge in [0, 0.05) is 18.8 Å². The third-order valence-corrected chi connectivity index (χ3v) is 3.70. The number of ether oxygens (including phenoxy) is 1. The third-order valence-electron chi connectivity index (χ3n) is 2.98. The largest absolute Gasteiger partial charge is 0.476 e. The first-order valence-electron chi connectivity index (χ1n) is 6.60. The molecule has 0 aliphatic rings. The zero-order chi connectivity index (χ0) is 14.3. The molecule has 0 aromatic carbocycles. The van der Waals surface area contributed by atoms with E-state index in [0.29, 0.717) is 24.2 Å². The van der Waals surface area contributed by atoms with Gasteiger partial charge in [-0.1, -0.05) is 13.8 Å². The predicted octanol–water partition coefficient (Wildman–Crippen LogP) is 2.43. The molecule has 5 nitrogen and oxygen atoms in total. The van der Waals surface area contributed by atoms with Crippen molar-refractivity contribution in [2.24, 2.45) is 0 Å². The van der Waals surface area contributed by atoms with E-state index in [4.69, 9.17) is 10.5 Å². The summed E-state index contributed by atoms with van der Waals surface area (Å²) in [6.07, 6.45) is 5.60. The minimum atomic E-state index is 0.409. The summed E-state index contributed by atoms with van der Waals surface area (Å²) in [5, 5.41) is 0. The van der Waals surface area contributed by atoms with E-state index in [1.165, 1.54) is 6.33 Å². The van der Waals surface area contributed by atoms with Gasteiger partial charge in [0.2, 0.25) is 5.88 Å². The fourth-order valence-corrected chi connectivity index (χ4v) is 2.68. The molecule has 2 N–H and O–H groups in total. The topological polar surface area (TPSA) is 64.3 Å². The first kappa shape index (κ1) is 15.9. The number of nitrogens with zero attached hydrogens (tertiary/aromatic N) is 3. The van der Waals surface area contributed by atoms with Crippen molar-refractivity contribution in [2.45, 2.75) is 32.7 Å². The molecule has 108 valence electrons. The second-order valence-electron chi connectivity index (χ2n) is 4.39. The summed E-state index contributed by atoms with van der Waals surface area (Å²) in [5.41, 5.74) is 6.64. The Morgan fingerprint density at radius 3 is 2.74 bits per heavy atom. The van der Waals surface area contributed by atoms with Gasteiger partial charge in [0.25, 0.3) is 0 Å². The Balaban J connectivity index is 2.92. The SMILES string of the molecule is CCCOc1ncnc(N(C)C(CC)CSC)c1N. The van der Waals surface area contributed by atoms with Crippen LogP contribution in [-0.2, 0) is 0 Å². The number of rotatable bonds is 8. The summed E-state index contributed by atoms with van der Waals surface area (Å²) in [7, 11) is 2.02. The normalized spacial score (nSPS) is 12.2. The van der Waals surface area contributed by atoms with Crippen LogP contribution < -0.4 is 15.4 Å². The van der Waals surface area contributed by atoms with E-state index < -0.39 is 0 Å². The van der Waals surface area contributed by atoms with Gasteiger partial charge in [-0.2, -0.15) is 16.7 Å². The van der Waals surface area contributed by atoms with Crippen molar-refractivity contribution in [2.75, 3.05) is 36.3 Å². The first-order valence-corrected chi connectivity index (χ1v) is 8.00. The standard InChI is InChI=1S/C13H24N4OS/c1-5-7-18-13-11(14)12(15-9-16-13)17(3)10(6-2)8-19-4/h9-10H,5-8,14H2,1-4H3. The molecule has 0 radical (unpaired) electrons. The molecular formula is C13H24N4OS. The van der Waals surface area contributed by atoms with Crippen molar-refractivity contribution in [3.05, 3.63) is 6.33 Å². The summed E-state index contributed by atoms with van der Waals surface area (Å²) >= 11 is 1.82. The second-order valence-corrected chi connectivity index (χ2v) is 5.30. The lowest BCUT2D eigenvalue weighted by Crippen LogP contribution is -2.34. The van der Waals surface area contributed by atoms with Crippen molar-refractivity contribution in [1.29, 1.82) is 0 Å². The minimum absolute atomic E-state index is 0.409. The van der Waals surface area contributed by atoms with Gasteiger partial charge >= 0.3 is 0 Å². The van der Waals surface area contributed by atoms with Gasteiger partial charge in [0.1, 0.15) is 12.0 Å². The lowest BCUT2D eigenvalue weighted by Gasteiger charge is -2.28. The Hall–Kier alpha value is -1.17. The van der Waals surface area contributed by atoms with Crippen LogP contribution in [0, 0.1) is 0 Å². The smallest absolute Gasteiger partial charge is 0.242 e. The molecule has 0 aliphatic heterocycles. The van der Waals surface area contributed by atoms with Crippen LogP contribution in [0.3, 0.4) is 0 Å². The summed E-state index contributed by atoms with van der Waals surface area (Å²) in [6, 6.07) is 0.409. The van der Waals surface area contributed by atoms with Gasteiger partial charge in [-0.05, 0) is 19.1 Å². The molecule has 1 atom stereocenters. The van der Waals surface area contributed by atoms with Crippen molar-refractivity contribution < 1.29 is 4.74 Å². The van der Waals surface area contributed by atoms with Gasteiger partial charge in [0.15, 0.2) is 5.82 Å². The molecule has 1 unspecified atom stereocenters. The van der Waals surface area contributed by atoms with Gasteiger partial charge in [-0.15, -0.1) is 0 Å². The molecule has 0 saturated heterocycles. The molecule has 1 aromatic heterocycles. The van der Waals surface area contributed by atoms with Crippen LogP contribution in [-0.4, -0.2) is 41.7 Å². The summed E-state index contributed by atoms with van der Waals surface area (Å²) in [5.74, 6) is 2.28. The monoisotopic (exact) mass is 284 g/mol. The maximum atomic E-state index is 6.12. The molecule has 0 saturated carbocycles. The van der Waals surface area contributed by atoms with E-state index in [2.05, 4.69) is 35.0 Å². The van der Waals surface area contributed by atoms with Gasteiger partial charge in [-0.25, -0.2) is 4.98 Å². The van der Waals surface area contributed by atoms with E-state index in [1.807, 2.05) is 18.8 Å². The van der Waals surface area contributed by atoms with Crippen LogP contribution in [0.15, 0.2) is 6.33 Å². The Kier molecular flexibility index (Phi) is 6.77. The number of hydrogen-bond donors (Lipinski definition) is 1. The van der Waals surface area contributed by atoms with E-state index >= 15 is 0 Å². The zero-order valence-electron chi connectivity index (χ0n) is 12.2. The minimum Gasteiger partial charge on any atom is -0.476 e. The second kappa shape index (κ2) is 8.09. The fraction of sp³-hybridized carbons (Fsp3) is 0.692. The molecule has 6 heteroatoms. The van der Waals surface area contributed by atoms with E-state index in [1.54, 1.807) is 0 Å². The van der Waals surface area contributed by atoms with Crippen LogP contribution >= 0.6 is 11.8 Å². The summed E-state index contributed by atoms with van der Waals surface area (Å²) < 4.78 is 5.54. The highest BCUT2D eigenvalue weighted by molar-refractivity contribution is 7.98. The number of nitrogen functional groups attached to an aromatic ring is 1. The van der Waals surface area contributed by atoms with Crippen molar-refractivity contribution in [3.8, 4) is 5.88 Å². The van der Waals surface area contributed by atoms with Gasteiger partial charge in [-0.3, -0.25) is 0 Å². The molecule has 0 bridgehead atoms. The first-order chi connectivity index (χ1) is 9.15. The van der Waals surface area contributed by atoms with Crippen molar-refractivity contribution in [1.82, 2.24) is 9.97 Å². The number of thioether (sulfide) groups is 1. The van der Waals surface area contributed by atoms with Crippen LogP contribution in [0.25, 0.3) is 0 Å². The molecule has 1 rings (SSSR count). The van der Waals surface area contributed by atoms with Crippen LogP contribution in [0.5, 0.6) is 5.88 Å². The van der Waals surface area contributed by atoms with Crippen molar-refractivity contribution >= 4 is 23.3 Å². The molecule has 1 aromatic rings. The number of anilines is 2.